The summed E-state index contributed by atoms with van der Waals surface area (Å²) in [4.78, 5) is 22.5. The molecule has 9 nitrogen and oxygen atoms in total. The molecule has 0 bridgehead atoms. The fourth-order valence-electron chi connectivity index (χ4n) is 2.66. The number of aliphatic carboxylic acids is 1. The number of rotatable bonds is 3. The predicted molar refractivity (Wildman–Crippen MR) is 82.2 cm³/mol. The summed E-state index contributed by atoms with van der Waals surface area (Å²) < 4.78 is 15.5. The van der Waals surface area contributed by atoms with Crippen molar-refractivity contribution in [2.75, 3.05) is 0 Å². The first-order valence-corrected chi connectivity index (χ1v) is 7.41. The summed E-state index contributed by atoms with van der Waals surface area (Å²) in [6.07, 6.45) is -8.53. The van der Waals surface area contributed by atoms with Gasteiger partial charge in [-0.1, -0.05) is 0 Å². The normalized spacial score (nSPS) is 29.5. The van der Waals surface area contributed by atoms with Crippen molar-refractivity contribution in [3.8, 4) is 5.75 Å². The molecule has 1 aliphatic heterocycles. The lowest BCUT2D eigenvalue weighted by Gasteiger charge is -2.38. The van der Waals surface area contributed by atoms with Gasteiger partial charge in [0.15, 0.2) is 6.10 Å². The van der Waals surface area contributed by atoms with Crippen LogP contribution >= 0.6 is 0 Å². The maximum absolute atomic E-state index is 11.5. The monoisotopic (exact) mass is 352 g/mol. The van der Waals surface area contributed by atoms with Gasteiger partial charge in [0, 0.05) is 17.5 Å². The number of aliphatic hydroxyl groups is 3. The Morgan fingerprint density at radius 2 is 1.84 bits per heavy atom. The summed E-state index contributed by atoms with van der Waals surface area (Å²) in [5.74, 6) is -1.38. The van der Waals surface area contributed by atoms with Gasteiger partial charge >= 0.3 is 11.6 Å². The van der Waals surface area contributed by atoms with Crippen molar-refractivity contribution in [3.05, 3.63) is 40.2 Å². The number of carboxylic acids is 1. The minimum atomic E-state index is -1.80. The molecule has 0 spiro atoms. The van der Waals surface area contributed by atoms with Crippen molar-refractivity contribution in [3.63, 3.8) is 0 Å². The quantitative estimate of drug-likeness (QED) is 0.530. The molecule has 2 heterocycles. The van der Waals surface area contributed by atoms with Gasteiger partial charge in [-0.3, -0.25) is 0 Å². The highest BCUT2D eigenvalue weighted by atomic mass is 16.7. The first kappa shape index (κ1) is 17.4. The van der Waals surface area contributed by atoms with Crippen LogP contribution in [0.4, 0.5) is 0 Å². The van der Waals surface area contributed by atoms with Gasteiger partial charge in [0.1, 0.15) is 29.6 Å². The fraction of sp³-hybridized carbons (Fsp3) is 0.375. The van der Waals surface area contributed by atoms with Crippen LogP contribution in [0.3, 0.4) is 0 Å². The van der Waals surface area contributed by atoms with Gasteiger partial charge < -0.3 is 34.3 Å². The molecule has 1 aromatic heterocycles. The topological polar surface area (TPSA) is 147 Å². The van der Waals surface area contributed by atoms with Crippen LogP contribution in [-0.4, -0.2) is 57.1 Å². The molecule has 3 rings (SSSR count). The Kier molecular flexibility index (Phi) is 4.48. The third-order valence-electron chi connectivity index (χ3n) is 3.99. The molecule has 1 saturated heterocycles. The molecular weight excluding hydrogens is 336 g/mol. The van der Waals surface area contributed by atoms with Crippen LogP contribution in [0.15, 0.2) is 33.5 Å². The molecule has 0 unspecified atom stereocenters. The van der Waals surface area contributed by atoms with E-state index in [0.29, 0.717) is 10.9 Å². The first-order valence-electron chi connectivity index (χ1n) is 7.41. The number of carboxylic acid groups (broad SMARTS) is 1. The highest BCUT2D eigenvalue weighted by Crippen LogP contribution is 2.27. The van der Waals surface area contributed by atoms with Crippen LogP contribution < -0.4 is 10.4 Å². The zero-order valence-electron chi connectivity index (χ0n) is 13.0. The van der Waals surface area contributed by atoms with E-state index in [1.807, 2.05) is 0 Å². The lowest BCUT2D eigenvalue weighted by Crippen LogP contribution is -2.61. The van der Waals surface area contributed by atoms with Crippen molar-refractivity contribution >= 4 is 16.9 Å². The lowest BCUT2D eigenvalue weighted by atomic mass is 9.99. The van der Waals surface area contributed by atoms with E-state index in [9.17, 15) is 24.9 Å². The van der Waals surface area contributed by atoms with Crippen LogP contribution in [0.25, 0.3) is 11.0 Å². The Morgan fingerprint density at radius 1 is 1.12 bits per heavy atom. The average molecular weight is 352 g/mol. The van der Waals surface area contributed by atoms with Gasteiger partial charge in [0.25, 0.3) is 0 Å². The molecule has 9 heteroatoms. The Hall–Kier alpha value is -2.46. The Bertz CT molecular complexity index is 858. The Morgan fingerprint density at radius 3 is 2.52 bits per heavy atom. The average Bonchev–Trinajstić information content (AvgIpc) is 2.54. The number of aryl methyl sites for hydroxylation is 1. The van der Waals surface area contributed by atoms with E-state index in [4.69, 9.17) is 19.0 Å². The molecule has 2 aromatic rings. The number of ether oxygens (including phenoxy) is 2. The van der Waals surface area contributed by atoms with Crippen molar-refractivity contribution < 1.29 is 39.1 Å². The number of hydrogen-bond acceptors (Lipinski definition) is 8. The summed E-state index contributed by atoms with van der Waals surface area (Å²) in [5.41, 5.74) is 0.403. The highest BCUT2D eigenvalue weighted by molar-refractivity contribution is 5.81. The second-order valence-corrected chi connectivity index (χ2v) is 5.76. The standard InChI is InChI=1S/C16H16O9/c1-6-4-10(17)24-9-5-7(2-3-8(6)9)23-16-13(20)11(18)12(19)14(25-16)15(21)22/h2-5,11-14,16,18-20H,1H3,(H,21,22)/t11-,12-,13+,14+,16+/m0/s1. The zero-order chi connectivity index (χ0) is 18.3. The van der Waals surface area contributed by atoms with Gasteiger partial charge in [-0.05, 0) is 24.6 Å². The van der Waals surface area contributed by atoms with Crippen molar-refractivity contribution in [2.24, 2.45) is 0 Å². The second-order valence-electron chi connectivity index (χ2n) is 5.76. The summed E-state index contributed by atoms with van der Waals surface area (Å²) in [6, 6.07) is 5.86. The van der Waals surface area contributed by atoms with Crippen LogP contribution in [0, 0.1) is 6.92 Å². The van der Waals surface area contributed by atoms with Crippen LogP contribution in [0.1, 0.15) is 5.56 Å². The summed E-state index contributed by atoms with van der Waals surface area (Å²) in [7, 11) is 0. The third kappa shape index (κ3) is 3.22. The molecular formula is C16H16O9. The molecule has 4 N–H and O–H groups in total. The summed E-state index contributed by atoms with van der Waals surface area (Å²) >= 11 is 0. The molecule has 5 atom stereocenters. The molecule has 1 aromatic carbocycles. The van der Waals surface area contributed by atoms with Crippen LogP contribution in [0.2, 0.25) is 0 Å². The maximum Gasteiger partial charge on any atom is 0.336 e. The van der Waals surface area contributed by atoms with E-state index in [-0.39, 0.29) is 11.3 Å². The molecule has 1 fully saturated rings. The van der Waals surface area contributed by atoms with E-state index in [1.54, 1.807) is 13.0 Å². The largest absolute Gasteiger partial charge is 0.479 e. The second kappa shape index (κ2) is 6.45. The minimum absolute atomic E-state index is 0.123. The Balaban J connectivity index is 1.89. The summed E-state index contributed by atoms with van der Waals surface area (Å²) in [5, 5.41) is 39.1. The van der Waals surface area contributed by atoms with E-state index < -0.39 is 42.3 Å². The number of benzene rings is 1. The van der Waals surface area contributed by atoms with Crippen molar-refractivity contribution in [1.29, 1.82) is 0 Å². The van der Waals surface area contributed by atoms with E-state index in [0.717, 1.165) is 0 Å². The van der Waals surface area contributed by atoms with E-state index >= 15 is 0 Å². The molecule has 0 amide bonds. The zero-order valence-corrected chi connectivity index (χ0v) is 13.0. The lowest BCUT2D eigenvalue weighted by molar-refractivity contribution is -0.271. The van der Waals surface area contributed by atoms with Gasteiger partial charge in [0.2, 0.25) is 6.29 Å². The molecule has 134 valence electrons. The molecule has 0 radical (unpaired) electrons. The Labute approximate surface area is 140 Å². The highest BCUT2D eigenvalue weighted by Gasteiger charge is 2.48. The van der Waals surface area contributed by atoms with Gasteiger partial charge in [-0.15, -0.1) is 0 Å². The molecule has 25 heavy (non-hydrogen) atoms. The van der Waals surface area contributed by atoms with E-state index in [1.165, 1.54) is 18.2 Å². The van der Waals surface area contributed by atoms with Crippen molar-refractivity contribution in [1.82, 2.24) is 0 Å². The number of carbonyl (C=O) groups is 1. The minimum Gasteiger partial charge on any atom is -0.479 e. The van der Waals surface area contributed by atoms with Crippen molar-refractivity contribution in [2.45, 2.75) is 37.6 Å². The van der Waals surface area contributed by atoms with Gasteiger partial charge in [-0.2, -0.15) is 0 Å². The fourth-order valence-corrected chi connectivity index (χ4v) is 2.66. The SMILES string of the molecule is Cc1cc(=O)oc2cc(O[C@@H]3O[C@@H](C(=O)O)[C@@H](O)[C@H](O)[C@H]3O)ccc12. The predicted octanol–water partition coefficient (Wildman–Crippen LogP) is -0.628. The first-order chi connectivity index (χ1) is 11.8. The number of fused-ring (bicyclic) bond motifs is 1. The number of aliphatic hydroxyl groups excluding tert-OH is 3. The van der Waals surface area contributed by atoms with Crippen LogP contribution in [-0.2, 0) is 9.53 Å². The number of hydrogen-bond donors (Lipinski definition) is 4. The van der Waals surface area contributed by atoms with Gasteiger partial charge in [-0.25, -0.2) is 9.59 Å². The smallest absolute Gasteiger partial charge is 0.336 e. The third-order valence-corrected chi connectivity index (χ3v) is 3.99. The maximum atomic E-state index is 11.5. The van der Waals surface area contributed by atoms with Crippen LogP contribution in [0.5, 0.6) is 5.75 Å². The van der Waals surface area contributed by atoms with E-state index in [2.05, 4.69) is 0 Å². The van der Waals surface area contributed by atoms with Gasteiger partial charge in [0.05, 0.1) is 0 Å². The summed E-state index contributed by atoms with van der Waals surface area (Å²) in [6.45, 7) is 1.74. The molecule has 1 aliphatic rings. The molecule has 0 saturated carbocycles. The molecule has 0 aliphatic carbocycles.